The SMILES string of the molecule is CC(C)OC1CC(C(C)C(C)C(C)C2CCOC2)C1. The van der Waals surface area contributed by atoms with E-state index in [2.05, 4.69) is 34.6 Å². The summed E-state index contributed by atoms with van der Waals surface area (Å²) in [4.78, 5) is 0. The summed E-state index contributed by atoms with van der Waals surface area (Å²) in [5, 5.41) is 0. The van der Waals surface area contributed by atoms with Crippen molar-refractivity contribution in [3.63, 3.8) is 0 Å². The van der Waals surface area contributed by atoms with Crippen LogP contribution >= 0.6 is 0 Å². The number of hydrogen-bond acceptors (Lipinski definition) is 2. The first-order chi connectivity index (χ1) is 8.99. The molecule has 112 valence electrons. The average molecular weight is 268 g/mol. The van der Waals surface area contributed by atoms with E-state index in [1.807, 2.05) is 0 Å². The van der Waals surface area contributed by atoms with E-state index in [4.69, 9.17) is 9.47 Å². The topological polar surface area (TPSA) is 18.5 Å². The van der Waals surface area contributed by atoms with E-state index >= 15 is 0 Å². The van der Waals surface area contributed by atoms with Gasteiger partial charge in [-0.2, -0.15) is 0 Å². The van der Waals surface area contributed by atoms with Crippen LogP contribution in [0.15, 0.2) is 0 Å². The molecule has 2 heteroatoms. The number of rotatable bonds is 6. The van der Waals surface area contributed by atoms with Gasteiger partial charge >= 0.3 is 0 Å². The predicted molar refractivity (Wildman–Crippen MR) is 79.2 cm³/mol. The summed E-state index contributed by atoms with van der Waals surface area (Å²) >= 11 is 0. The normalized spacial score (nSPS) is 36.0. The minimum Gasteiger partial charge on any atom is -0.381 e. The molecule has 4 atom stereocenters. The monoisotopic (exact) mass is 268 g/mol. The zero-order valence-electron chi connectivity index (χ0n) is 13.4. The first-order valence-electron chi connectivity index (χ1n) is 8.22. The highest BCUT2D eigenvalue weighted by molar-refractivity contribution is 4.88. The summed E-state index contributed by atoms with van der Waals surface area (Å²) < 4.78 is 11.4. The molecule has 2 fully saturated rings. The largest absolute Gasteiger partial charge is 0.381 e. The van der Waals surface area contributed by atoms with Crippen LogP contribution in [0.5, 0.6) is 0 Å². The maximum Gasteiger partial charge on any atom is 0.0584 e. The Hall–Kier alpha value is -0.0800. The lowest BCUT2D eigenvalue weighted by Crippen LogP contribution is -2.40. The molecule has 4 unspecified atom stereocenters. The molecule has 0 spiro atoms. The fraction of sp³-hybridized carbons (Fsp3) is 1.00. The van der Waals surface area contributed by atoms with Crippen molar-refractivity contribution >= 4 is 0 Å². The molecule has 1 aliphatic carbocycles. The zero-order chi connectivity index (χ0) is 14.0. The van der Waals surface area contributed by atoms with Crippen molar-refractivity contribution in [2.75, 3.05) is 13.2 Å². The van der Waals surface area contributed by atoms with Crippen LogP contribution < -0.4 is 0 Å². The summed E-state index contributed by atoms with van der Waals surface area (Å²) in [5.74, 6) is 4.09. The maximum absolute atomic E-state index is 5.89. The van der Waals surface area contributed by atoms with Gasteiger partial charge in [-0.1, -0.05) is 20.8 Å². The summed E-state index contributed by atoms with van der Waals surface area (Å²) in [6.45, 7) is 13.6. The third-order valence-electron chi connectivity index (χ3n) is 5.71. The summed E-state index contributed by atoms with van der Waals surface area (Å²) in [6.07, 6.45) is 4.73. The number of hydrogen-bond donors (Lipinski definition) is 0. The Labute approximate surface area is 119 Å². The van der Waals surface area contributed by atoms with Crippen molar-refractivity contribution in [3.05, 3.63) is 0 Å². The highest BCUT2D eigenvalue weighted by Gasteiger charge is 2.39. The molecule has 0 aromatic rings. The maximum atomic E-state index is 5.89. The van der Waals surface area contributed by atoms with Gasteiger partial charge < -0.3 is 9.47 Å². The van der Waals surface area contributed by atoms with Crippen LogP contribution in [0, 0.1) is 29.6 Å². The molecule has 1 aliphatic heterocycles. The van der Waals surface area contributed by atoms with Crippen LogP contribution in [0.4, 0.5) is 0 Å². The third-order valence-corrected chi connectivity index (χ3v) is 5.71. The van der Waals surface area contributed by atoms with Gasteiger partial charge in [-0.25, -0.2) is 0 Å². The second-order valence-corrected chi connectivity index (χ2v) is 7.24. The summed E-state index contributed by atoms with van der Waals surface area (Å²) in [5.41, 5.74) is 0. The van der Waals surface area contributed by atoms with Crippen LogP contribution in [0.1, 0.15) is 53.9 Å². The van der Waals surface area contributed by atoms with E-state index in [0.717, 1.165) is 42.8 Å². The van der Waals surface area contributed by atoms with E-state index in [-0.39, 0.29) is 0 Å². The lowest BCUT2D eigenvalue weighted by atomic mass is 9.66. The molecule has 0 aromatic heterocycles. The molecule has 1 heterocycles. The van der Waals surface area contributed by atoms with Gasteiger partial charge in [0.2, 0.25) is 0 Å². The zero-order valence-corrected chi connectivity index (χ0v) is 13.4. The van der Waals surface area contributed by atoms with Crippen molar-refractivity contribution in [2.45, 2.75) is 66.1 Å². The van der Waals surface area contributed by atoms with Gasteiger partial charge in [-0.3, -0.25) is 0 Å². The quantitative estimate of drug-likeness (QED) is 0.721. The summed E-state index contributed by atoms with van der Waals surface area (Å²) in [7, 11) is 0. The van der Waals surface area contributed by atoms with E-state index in [0.29, 0.717) is 12.2 Å². The molecule has 0 aromatic carbocycles. The van der Waals surface area contributed by atoms with Gasteiger partial charge in [0.15, 0.2) is 0 Å². The molecule has 0 bridgehead atoms. The van der Waals surface area contributed by atoms with Gasteiger partial charge in [0.05, 0.1) is 12.2 Å². The fourth-order valence-corrected chi connectivity index (χ4v) is 3.84. The van der Waals surface area contributed by atoms with E-state index in [1.165, 1.54) is 19.3 Å². The van der Waals surface area contributed by atoms with E-state index in [9.17, 15) is 0 Å². The molecule has 2 aliphatic rings. The van der Waals surface area contributed by atoms with Crippen molar-refractivity contribution in [3.8, 4) is 0 Å². The smallest absolute Gasteiger partial charge is 0.0584 e. The molecule has 0 amide bonds. The van der Waals surface area contributed by atoms with E-state index < -0.39 is 0 Å². The van der Waals surface area contributed by atoms with Crippen LogP contribution in [0.25, 0.3) is 0 Å². The second-order valence-electron chi connectivity index (χ2n) is 7.24. The van der Waals surface area contributed by atoms with Crippen LogP contribution in [0.3, 0.4) is 0 Å². The van der Waals surface area contributed by atoms with Gasteiger partial charge in [0.25, 0.3) is 0 Å². The second kappa shape index (κ2) is 6.58. The Bertz CT molecular complexity index is 264. The van der Waals surface area contributed by atoms with Crippen LogP contribution in [-0.2, 0) is 9.47 Å². The lowest BCUT2D eigenvalue weighted by molar-refractivity contribution is -0.0822. The van der Waals surface area contributed by atoms with Gasteiger partial charge in [0, 0.05) is 13.2 Å². The van der Waals surface area contributed by atoms with Gasteiger partial charge in [-0.15, -0.1) is 0 Å². The Morgan fingerprint density at radius 3 is 2.11 bits per heavy atom. The molecular formula is C17H32O2. The highest BCUT2D eigenvalue weighted by Crippen LogP contribution is 2.43. The van der Waals surface area contributed by atoms with Gasteiger partial charge in [-0.05, 0) is 62.7 Å². The van der Waals surface area contributed by atoms with Gasteiger partial charge in [0.1, 0.15) is 0 Å². The Morgan fingerprint density at radius 2 is 1.58 bits per heavy atom. The Morgan fingerprint density at radius 1 is 0.947 bits per heavy atom. The molecule has 2 nitrogen and oxygen atoms in total. The lowest BCUT2D eigenvalue weighted by Gasteiger charge is -2.43. The van der Waals surface area contributed by atoms with Crippen molar-refractivity contribution in [1.82, 2.24) is 0 Å². The molecule has 2 rings (SSSR count). The minimum absolute atomic E-state index is 0.383. The van der Waals surface area contributed by atoms with Crippen LogP contribution in [-0.4, -0.2) is 25.4 Å². The van der Waals surface area contributed by atoms with Crippen LogP contribution in [0.2, 0.25) is 0 Å². The fourth-order valence-electron chi connectivity index (χ4n) is 3.84. The molecule has 0 radical (unpaired) electrons. The average Bonchev–Trinajstić information content (AvgIpc) is 2.84. The van der Waals surface area contributed by atoms with Crippen molar-refractivity contribution < 1.29 is 9.47 Å². The third kappa shape index (κ3) is 3.72. The first-order valence-corrected chi connectivity index (χ1v) is 8.22. The van der Waals surface area contributed by atoms with Crippen molar-refractivity contribution in [2.24, 2.45) is 29.6 Å². The minimum atomic E-state index is 0.383. The standard InChI is InChI=1S/C17H32O2/c1-11(2)19-17-8-16(9-17)14(5)12(3)13(4)15-6-7-18-10-15/h11-17H,6-10H2,1-5H3. The first kappa shape index (κ1) is 15.3. The molecule has 0 N–H and O–H groups in total. The number of ether oxygens (including phenoxy) is 2. The molecular weight excluding hydrogens is 236 g/mol. The molecule has 1 saturated carbocycles. The summed E-state index contributed by atoms with van der Waals surface area (Å²) in [6, 6.07) is 0. The Kier molecular flexibility index (Phi) is 5.30. The molecule has 1 saturated heterocycles. The highest BCUT2D eigenvalue weighted by atomic mass is 16.5. The van der Waals surface area contributed by atoms with E-state index in [1.54, 1.807) is 0 Å². The van der Waals surface area contributed by atoms with Crippen molar-refractivity contribution in [1.29, 1.82) is 0 Å². The predicted octanol–water partition coefficient (Wildman–Crippen LogP) is 4.13. The Balaban J connectivity index is 1.75. The molecule has 19 heavy (non-hydrogen) atoms.